The molecule has 0 radical (unpaired) electrons. The van der Waals surface area contributed by atoms with Gasteiger partial charge in [-0.05, 0) is 36.8 Å². The number of fused-ring (bicyclic) bond motifs is 1. The highest BCUT2D eigenvalue weighted by atomic mass is 35.5. The highest BCUT2D eigenvalue weighted by molar-refractivity contribution is 6.34. The molecule has 20 heavy (non-hydrogen) atoms. The average Bonchev–Trinajstić information content (AvgIpc) is 2.78. The largest absolute Gasteiger partial charge is 0.327 e. The SMILES string of the molecule is Cc1cccc(-c2nc3cc(C#N)ccc3n2C)c1Cl. The maximum atomic E-state index is 8.97. The molecule has 1 aromatic heterocycles. The van der Waals surface area contributed by atoms with E-state index in [1.54, 1.807) is 12.1 Å². The van der Waals surface area contributed by atoms with Crippen molar-refractivity contribution in [2.75, 3.05) is 0 Å². The van der Waals surface area contributed by atoms with Gasteiger partial charge < -0.3 is 4.57 Å². The summed E-state index contributed by atoms with van der Waals surface area (Å²) in [4.78, 5) is 4.62. The zero-order chi connectivity index (χ0) is 14.3. The van der Waals surface area contributed by atoms with Gasteiger partial charge in [0, 0.05) is 12.6 Å². The van der Waals surface area contributed by atoms with Gasteiger partial charge in [-0.15, -0.1) is 0 Å². The molecule has 3 aromatic rings. The molecule has 0 unspecified atom stereocenters. The van der Waals surface area contributed by atoms with Crippen LogP contribution < -0.4 is 0 Å². The number of nitrogens with zero attached hydrogens (tertiary/aromatic N) is 3. The van der Waals surface area contributed by atoms with E-state index in [2.05, 4.69) is 11.1 Å². The molecule has 0 N–H and O–H groups in total. The second kappa shape index (κ2) is 4.66. The Kier molecular flexibility index (Phi) is 2.96. The smallest absolute Gasteiger partial charge is 0.142 e. The molecular weight excluding hydrogens is 270 g/mol. The van der Waals surface area contributed by atoms with Gasteiger partial charge in [0.15, 0.2) is 0 Å². The fourth-order valence-corrected chi connectivity index (χ4v) is 2.54. The van der Waals surface area contributed by atoms with Gasteiger partial charge in [-0.2, -0.15) is 5.26 Å². The number of nitriles is 1. The lowest BCUT2D eigenvalue weighted by molar-refractivity contribution is 0.959. The Hall–Kier alpha value is -2.31. The fraction of sp³-hybridized carbons (Fsp3) is 0.125. The monoisotopic (exact) mass is 281 g/mol. The van der Waals surface area contributed by atoms with Gasteiger partial charge in [0.1, 0.15) is 5.82 Å². The van der Waals surface area contributed by atoms with E-state index < -0.39 is 0 Å². The molecule has 0 atom stereocenters. The van der Waals surface area contributed by atoms with Crippen LogP contribution in [0, 0.1) is 18.3 Å². The zero-order valence-corrected chi connectivity index (χ0v) is 11.9. The molecule has 0 saturated carbocycles. The molecule has 0 spiro atoms. The van der Waals surface area contributed by atoms with E-state index in [9.17, 15) is 0 Å². The van der Waals surface area contributed by atoms with Crippen LogP contribution in [0.4, 0.5) is 0 Å². The predicted molar refractivity (Wildman–Crippen MR) is 80.6 cm³/mol. The topological polar surface area (TPSA) is 41.6 Å². The standard InChI is InChI=1S/C16H12ClN3/c1-10-4-3-5-12(15(10)17)16-19-13-8-11(9-18)6-7-14(13)20(16)2/h3-8H,1-2H3. The van der Waals surface area contributed by atoms with Crippen LogP contribution in [0.25, 0.3) is 22.4 Å². The molecule has 0 saturated heterocycles. The Morgan fingerprint density at radius 1 is 1.25 bits per heavy atom. The normalized spacial score (nSPS) is 10.7. The third kappa shape index (κ3) is 1.86. The number of hydrogen-bond donors (Lipinski definition) is 0. The molecule has 0 aliphatic heterocycles. The van der Waals surface area contributed by atoms with Gasteiger partial charge in [0.05, 0.1) is 27.7 Å². The van der Waals surface area contributed by atoms with Crippen LogP contribution in [0.15, 0.2) is 36.4 Å². The molecular formula is C16H12ClN3. The molecule has 3 rings (SSSR count). The lowest BCUT2D eigenvalue weighted by atomic mass is 10.1. The summed E-state index contributed by atoms with van der Waals surface area (Å²) >= 11 is 6.38. The van der Waals surface area contributed by atoms with Crippen LogP contribution >= 0.6 is 11.6 Å². The van der Waals surface area contributed by atoms with Gasteiger partial charge in [0.2, 0.25) is 0 Å². The minimum Gasteiger partial charge on any atom is -0.327 e. The first-order chi connectivity index (χ1) is 9.61. The van der Waals surface area contributed by atoms with E-state index in [0.29, 0.717) is 10.6 Å². The van der Waals surface area contributed by atoms with E-state index in [4.69, 9.17) is 16.9 Å². The van der Waals surface area contributed by atoms with Gasteiger partial charge in [-0.1, -0.05) is 23.7 Å². The van der Waals surface area contributed by atoms with E-state index in [-0.39, 0.29) is 0 Å². The minimum absolute atomic E-state index is 0.609. The number of hydrogen-bond acceptors (Lipinski definition) is 2. The second-order valence-electron chi connectivity index (χ2n) is 4.75. The fourth-order valence-electron chi connectivity index (χ4n) is 2.33. The summed E-state index contributed by atoms with van der Waals surface area (Å²) in [6.07, 6.45) is 0. The Labute approximate surface area is 122 Å². The number of aromatic nitrogens is 2. The molecule has 4 heteroatoms. The zero-order valence-electron chi connectivity index (χ0n) is 11.2. The summed E-state index contributed by atoms with van der Waals surface area (Å²) in [5.41, 5.74) is 4.32. The first kappa shape index (κ1) is 12.7. The Morgan fingerprint density at radius 3 is 2.80 bits per heavy atom. The van der Waals surface area contributed by atoms with Crippen LogP contribution in [-0.2, 0) is 7.05 Å². The second-order valence-corrected chi connectivity index (χ2v) is 5.12. The summed E-state index contributed by atoms with van der Waals surface area (Å²) in [6.45, 7) is 1.97. The maximum absolute atomic E-state index is 8.97. The van der Waals surface area contributed by atoms with Gasteiger partial charge in [-0.3, -0.25) is 0 Å². The molecule has 0 fully saturated rings. The van der Waals surface area contributed by atoms with E-state index in [0.717, 1.165) is 28.0 Å². The number of rotatable bonds is 1. The highest BCUT2D eigenvalue weighted by Gasteiger charge is 2.13. The van der Waals surface area contributed by atoms with Crippen LogP contribution in [-0.4, -0.2) is 9.55 Å². The molecule has 0 aliphatic carbocycles. The van der Waals surface area contributed by atoms with Crippen molar-refractivity contribution < 1.29 is 0 Å². The van der Waals surface area contributed by atoms with Crippen molar-refractivity contribution in [2.45, 2.75) is 6.92 Å². The third-order valence-corrected chi connectivity index (χ3v) is 3.94. The van der Waals surface area contributed by atoms with Crippen LogP contribution in [0.1, 0.15) is 11.1 Å². The number of halogens is 1. The van der Waals surface area contributed by atoms with Crippen molar-refractivity contribution >= 4 is 22.6 Å². The quantitative estimate of drug-likeness (QED) is 0.674. The summed E-state index contributed by atoms with van der Waals surface area (Å²) in [5, 5.41) is 9.68. The highest BCUT2D eigenvalue weighted by Crippen LogP contribution is 2.31. The van der Waals surface area contributed by atoms with Gasteiger partial charge in [0.25, 0.3) is 0 Å². The van der Waals surface area contributed by atoms with Crippen molar-refractivity contribution in [1.29, 1.82) is 5.26 Å². The van der Waals surface area contributed by atoms with Gasteiger partial charge in [-0.25, -0.2) is 4.98 Å². The summed E-state index contributed by atoms with van der Waals surface area (Å²) in [7, 11) is 1.95. The average molecular weight is 282 g/mol. The third-order valence-electron chi connectivity index (χ3n) is 3.44. The van der Waals surface area contributed by atoms with E-state index in [1.807, 2.05) is 42.8 Å². The van der Waals surface area contributed by atoms with Crippen molar-refractivity contribution in [3.05, 3.63) is 52.5 Å². The van der Waals surface area contributed by atoms with E-state index >= 15 is 0 Å². The summed E-state index contributed by atoms with van der Waals surface area (Å²) in [5.74, 6) is 0.809. The molecule has 1 heterocycles. The van der Waals surface area contributed by atoms with Crippen molar-refractivity contribution in [3.63, 3.8) is 0 Å². The molecule has 0 amide bonds. The van der Waals surface area contributed by atoms with Crippen LogP contribution in [0.3, 0.4) is 0 Å². The van der Waals surface area contributed by atoms with Crippen molar-refractivity contribution in [1.82, 2.24) is 9.55 Å². The molecule has 0 bridgehead atoms. The molecule has 0 aliphatic rings. The predicted octanol–water partition coefficient (Wildman–Crippen LogP) is 4.07. The van der Waals surface area contributed by atoms with Crippen molar-refractivity contribution in [3.8, 4) is 17.5 Å². The Balaban J connectivity index is 2.30. The lowest BCUT2D eigenvalue weighted by Crippen LogP contribution is -1.93. The Bertz CT molecular complexity index is 856. The van der Waals surface area contributed by atoms with Crippen LogP contribution in [0.5, 0.6) is 0 Å². The van der Waals surface area contributed by atoms with E-state index in [1.165, 1.54) is 0 Å². The minimum atomic E-state index is 0.609. The molecule has 98 valence electrons. The summed E-state index contributed by atoms with van der Waals surface area (Å²) < 4.78 is 2.00. The van der Waals surface area contributed by atoms with Crippen molar-refractivity contribution in [2.24, 2.45) is 7.05 Å². The summed E-state index contributed by atoms with van der Waals surface area (Å²) in [6, 6.07) is 13.5. The Morgan fingerprint density at radius 2 is 2.05 bits per heavy atom. The molecule has 3 nitrogen and oxygen atoms in total. The van der Waals surface area contributed by atoms with Gasteiger partial charge >= 0.3 is 0 Å². The van der Waals surface area contributed by atoms with Crippen LogP contribution in [0.2, 0.25) is 5.02 Å². The first-order valence-corrected chi connectivity index (χ1v) is 6.61. The lowest BCUT2D eigenvalue weighted by Gasteiger charge is -2.06. The molecule has 2 aromatic carbocycles. The number of aryl methyl sites for hydroxylation is 2. The number of benzene rings is 2. The first-order valence-electron chi connectivity index (χ1n) is 6.24. The number of imidazole rings is 1. The maximum Gasteiger partial charge on any atom is 0.142 e.